The van der Waals surface area contributed by atoms with Crippen molar-refractivity contribution in [3.63, 3.8) is 0 Å². The number of hydrogen-bond donors (Lipinski definition) is 0. The Hall–Kier alpha value is -2.16. The lowest BCUT2D eigenvalue weighted by Gasteiger charge is -2.10. The van der Waals surface area contributed by atoms with Crippen molar-refractivity contribution in [2.75, 3.05) is 0 Å². The Bertz CT molecular complexity index is 802. The maximum absolute atomic E-state index is 14.0. The van der Waals surface area contributed by atoms with Gasteiger partial charge in [0.15, 0.2) is 5.82 Å². The third-order valence-electron chi connectivity index (χ3n) is 3.79. The minimum Gasteiger partial charge on any atom is -0.264 e. The number of aromatic nitrogens is 2. The fourth-order valence-electron chi connectivity index (χ4n) is 2.85. The van der Waals surface area contributed by atoms with Gasteiger partial charge in [-0.2, -0.15) is 5.10 Å². The van der Waals surface area contributed by atoms with Gasteiger partial charge in [0.1, 0.15) is 5.52 Å². The van der Waals surface area contributed by atoms with E-state index in [2.05, 4.69) is 44.1 Å². The van der Waals surface area contributed by atoms with Crippen molar-refractivity contribution >= 4 is 10.9 Å². The predicted molar refractivity (Wildman–Crippen MR) is 84.9 cm³/mol. The second-order valence-corrected chi connectivity index (χ2v) is 5.53. The van der Waals surface area contributed by atoms with Gasteiger partial charge in [-0.05, 0) is 31.9 Å². The van der Waals surface area contributed by atoms with E-state index in [1.807, 2.05) is 10.7 Å². The van der Waals surface area contributed by atoms with Crippen LogP contribution in [0.1, 0.15) is 24.5 Å². The van der Waals surface area contributed by atoms with Crippen LogP contribution in [0.5, 0.6) is 0 Å². The molecule has 0 radical (unpaired) electrons. The molecule has 0 amide bonds. The highest BCUT2D eigenvalue weighted by Crippen LogP contribution is 2.32. The van der Waals surface area contributed by atoms with Gasteiger partial charge in [-0.3, -0.25) is 4.68 Å². The second kappa shape index (κ2) is 5.32. The summed E-state index contributed by atoms with van der Waals surface area (Å²) in [6.45, 7) is 7.07. The molecule has 1 heterocycles. The number of hydrogen-bond acceptors (Lipinski definition) is 1. The quantitative estimate of drug-likeness (QED) is 0.670. The van der Waals surface area contributed by atoms with Gasteiger partial charge in [-0.1, -0.05) is 42.8 Å². The van der Waals surface area contributed by atoms with Crippen LogP contribution >= 0.6 is 0 Å². The van der Waals surface area contributed by atoms with Crippen molar-refractivity contribution in [2.24, 2.45) is 0 Å². The molecule has 0 unspecified atom stereocenters. The van der Waals surface area contributed by atoms with Gasteiger partial charge in [0.25, 0.3) is 0 Å². The molecule has 0 bridgehead atoms. The molecule has 3 aromatic rings. The van der Waals surface area contributed by atoms with E-state index in [0.29, 0.717) is 5.52 Å². The molecule has 0 saturated heterocycles. The first kappa shape index (κ1) is 13.8. The molecule has 1 aromatic heterocycles. The Balaban J connectivity index is 2.33. The van der Waals surface area contributed by atoms with Gasteiger partial charge >= 0.3 is 0 Å². The van der Waals surface area contributed by atoms with E-state index in [9.17, 15) is 4.39 Å². The van der Waals surface area contributed by atoms with Crippen LogP contribution in [0.2, 0.25) is 0 Å². The molecule has 108 valence electrons. The van der Waals surface area contributed by atoms with Gasteiger partial charge in [0.2, 0.25) is 0 Å². The number of benzene rings is 2. The molecule has 2 nitrogen and oxygen atoms in total. The molecular weight excluding hydrogens is 263 g/mol. The van der Waals surface area contributed by atoms with Gasteiger partial charge in [0.05, 0.1) is 5.69 Å². The molecule has 0 saturated carbocycles. The van der Waals surface area contributed by atoms with Crippen molar-refractivity contribution < 1.29 is 4.39 Å². The standard InChI is InChI=1S/C18H19FN2/c1-4-10-21-18(14-9-8-12(2)11-13(14)3)15-6-5-7-16(19)17(15)20-21/h5-9,11H,4,10H2,1-3H3. The van der Waals surface area contributed by atoms with Gasteiger partial charge in [-0.15, -0.1) is 0 Å². The van der Waals surface area contributed by atoms with E-state index in [-0.39, 0.29) is 5.82 Å². The Morgan fingerprint density at radius 2 is 1.95 bits per heavy atom. The minimum absolute atomic E-state index is 0.256. The summed E-state index contributed by atoms with van der Waals surface area (Å²) in [5, 5.41) is 5.37. The molecule has 21 heavy (non-hydrogen) atoms. The molecule has 3 heteroatoms. The zero-order valence-electron chi connectivity index (χ0n) is 12.7. The Morgan fingerprint density at radius 1 is 1.14 bits per heavy atom. The largest absolute Gasteiger partial charge is 0.264 e. The number of fused-ring (bicyclic) bond motifs is 1. The zero-order chi connectivity index (χ0) is 15.0. The van der Waals surface area contributed by atoms with Crippen molar-refractivity contribution in [1.82, 2.24) is 9.78 Å². The number of halogens is 1. The van der Waals surface area contributed by atoms with Crippen molar-refractivity contribution in [2.45, 2.75) is 33.7 Å². The van der Waals surface area contributed by atoms with E-state index >= 15 is 0 Å². The van der Waals surface area contributed by atoms with Crippen LogP contribution < -0.4 is 0 Å². The Labute approximate surface area is 124 Å². The Morgan fingerprint density at radius 3 is 2.67 bits per heavy atom. The van der Waals surface area contributed by atoms with Crippen molar-refractivity contribution in [3.8, 4) is 11.3 Å². The summed E-state index contributed by atoms with van der Waals surface area (Å²) >= 11 is 0. The lowest BCUT2D eigenvalue weighted by molar-refractivity contribution is 0.600. The topological polar surface area (TPSA) is 17.8 Å². The van der Waals surface area contributed by atoms with Crippen LogP contribution in [0.3, 0.4) is 0 Å². The van der Waals surface area contributed by atoms with Crippen LogP contribution in [0, 0.1) is 19.7 Å². The van der Waals surface area contributed by atoms with Crippen LogP contribution in [0.4, 0.5) is 4.39 Å². The lowest BCUT2D eigenvalue weighted by atomic mass is 10.0. The number of rotatable bonds is 3. The summed E-state index contributed by atoms with van der Waals surface area (Å²) in [6, 6.07) is 11.5. The van der Waals surface area contributed by atoms with Crippen LogP contribution in [-0.4, -0.2) is 9.78 Å². The highest BCUT2D eigenvalue weighted by Gasteiger charge is 2.16. The van der Waals surface area contributed by atoms with Crippen molar-refractivity contribution in [3.05, 3.63) is 53.3 Å². The first-order valence-corrected chi connectivity index (χ1v) is 7.34. The fraction of sp³-hybridized carbons (Fsp3) is 0.278. The summed E-state index contributed by atoms with van der Waals surface area (Å²) in [6.07, 6.45) is 0.966. The van der Waals surface area contributed by atoms with Gasteiger partial charge in [-0.25, -0.2) is 4.39 Å². The monoisotopic (exact) mass is 282 g/mol. The normalized spacial score (nSPS) is 11.2. The highest BCUT2D eigenvalue weighted by molar-refractivity contribution is 5.94. The lowest BCUT2D eigenvalue weighted by Crippen LogP contribution is -2.02. The maximum atomic E-state index is 14.0. The Kier molecular flexibility index (Phi) is 3.50. The molecule has 0 N–H and O–H groups in total. The maximum Gasteiger partial charge on any atom is 0.151 e. The second-order valence-electron chi connectivity index (χ2n) is 5.53. The van der Waals surface area contributed by atoms with Gasteiger partial charge < -0.3 is 0 Å². The van der Waals surface area contributed by atoms with E-state index in [1.54, 1.807) is 6.07 Å². The molecule has 0 atom stereocenters. The van der Waals surface area contributed by atoms with E-state index in [4.69, 9.17) is 0 Å². The minimum atomic E-state index is -0.256. The first-order valence-electron chi connectivity index (χ1n) is 7.34. The molecule has 0 aliphatic carbocycles. The average Bonchev–Trinajstić information content (AvgIpc) is 2.79. The van der Waals surface area contributed by atoms with Gasteiger partial charge in [0, 0.05) is 17.5 Å². The summed E-state index contributed by atoms with van der Waals surface area (Å²) in [7, 11) is 0. The summed E-state index contributed by atoms with van der Waals surface area (Å²) in [4.78, 5) is 0. The summed E-state index contributed by atoms with van der Waals surface area (Å²) < 4.78 is 16.0. The number of aryl methyl sites for hydroxylation is 3. The van der Waals surface area contributed by atoms with E-state index < -0.39 is 0 Å². The predicted octanol–water partition coefficient (Wildman–Crippen LogP) is 4.87. The third-order valence-corrected chi connectivity index (χ3v) is 3.79. The molecule has 0 aliphatic rings. The molecular formula is C18H19FN2. The van der Waals surface area contributed by atoms with E-state index in [0.717, 1.165) is 29.6 Å². The fourth-order valence-corrected chi connectivity index (χ4v) is 2.85. The highest BCUT2D eigenvalue weighted by atomic mass is 19.1. The SMILES string of the molecule is CCCn1nc2c(F)cccc2c1-c1ccc(C)cc1C. The van der Waals surface area contributed by atoms with Crippen LogP contribution in [0.25, 0.3) is 22.2 Å². The number of nitrogens with zero attached hydrogens (tertiary/aromatic N) is 2. The molecule has 3 rings (SSSR count). The smallest absolute Gasteiger partial charge is 0.151 e. The third kappa shape index (κ3) is 2.33. The molecule has 0 fully saturated rings. The summed E-state index contributed by atoms with van der Waals surface area (Å²) in [5.41, 5.74) is 5.03. The first-order chi connectivity index (χ1) is 10.1. The zero-order valence-corrected chi connectivity index (χ0v) is 12.7. The summed E-state index contributed by atoms with van der Waals surface area (Å²) in [5.74, 6) is -0.256. The van der Waals surface area contributed by atoms with Crippen molar-refractivity contribution in [1.29, 1.82) is 0 Å². The van der Waals surface area contributed by atoms with E-state index in [1.165, 1.54) is 17.2 Å². The van der Waals surface area contributed by atoms with Crippen LogP contribution in [0.15, 0.2) is 36.4 Å². The average molecular weight is 282 g/mol. The molecule has 2 aromatic carbocycles. The molecule has 0 spiro atoms. The molecule has 0 aliphatic heterocycles. The van der Waals surface area contributed by atoms with Crippen LogP contribution in [-0.2, 0) is 6.54 Å².